The minimum Gasteiger partial charge on any atom is -0.352 e. The molecular weight excluding hydrogens is 274 g/mol. The molecule has 0 bridgehead atoms. The summed E-state index contributed by atoms with van der Waals surface area (Å²) >= 11 is 0. The van der Waals surface area contributed by atoms with Crippen molar-refractivity contribution in [3.05, 3.63) is 0 Å². The first kappa shape index (κ1) is 14.9. The molecule has 2 saturated heterocycles. The summed E-state index contributed by atoms with van der Waals surface area (Å²) < 4.78 is 0. The number of hydrogen-bond acceptors (Lipinski definition) is 3. The Labute approximate surface area is 134 Å². The van der Waals surface area contributed by atoms with Crippen molar-refractivity contribution in [2.24, 2.45) is 17.3 Å². The highest BCUT2D eigenvalue weighted by atomic mass is 16.2. The molecule has 4 nitrogen and oxygen atoms in total. The lowest BCUT2D eigenvalue weighted by Gasteiger charge is -2.24. The van der Waals surface area contributed by atoms with E-state index in [1.54, 1.807) is 0 Å². The van der Waals surface area contributed by atoms with Gasteiger partial charge in [0.05, 0.1) is 0 Å². The Kier molecular flexibility index (Phi) is 4.16. The first-order valence-corrected chi connectivity index (χ1v) is 9.49. The van der Waals surface area contributed by atoms with E-state index in [1.165, 1.54) is 51.6 Å². The summed E-state index contributed by atoms with van der Waals surface area (Å²) in [5.41, 5.74) is 0.372. The molecule has 2 N–H and O–H groups in total. The van der Waals surface area contributed by atoms with E-state index < -0.39 is 0 Å². The highest BCUT2D eigenvalue weighted by Gasteiger charge is 2.57. The second kappa shape index (κ2) is 6.12. The number of nitrogens with one attached hydrogen (secondary N) is 2. The molecule has 2 saturated carbocycles. The first-order valence-electron chi connectivity index (χ1n) is 9.49. The molecule has 4 fully saturated rings. The summed E-state index contributed by atoms with van der Waals surface area (Å²) in [4.78, 5) is 15.1. The lowest BCUT2D eigenvalue weighted by atomic mass is 9.91. The minimum atomic E-state index is 0.318. The summed E-state index contributed by atoms with van der Waals surface area (Å²) in [5, 5.41) is 6.78. The topological polar surface area (TPSA) is 44.4 Å². The standard InChI is InChI=1S/C18H31N3O/c22-17(16-11-18(16)6-8-19-9-7-18)20-15-5-10-21(13-15)12-14-3-1-2-4-14/h14-16,19H,1-13H2,(H,20,22). The maximum atomic E-state index is 12.5. The van der Waals surface area contributed by atoms with Gasteiger partial charge >= 0.3 is 0 Å². The molecule has 1 amide bonds. The van der Waals surface area contributed by atoms with E-state index in [4.69, 9.17) is 0 Å². The van der Waals surface area contributed by atoms with Gasteiger partial charge < -0.3 is 15.5 Å². The van der Waals surface area contributed by atoms with Crippen LogP contribution >= 0.6 is 0 Å². The van der Waals surface area contributed by atoms with Gasteiger partial charge in [0, 0.05) is 31.6 Å². The fourth-order valence-electron chi connectivity index (χ4n) is 5.17. The number of hydrogen-bond donors (Lipinski definition) is 2. The zero-order valence-electron chi connectivity index (χ0n) is 13.8. The lowest BCUT2D eigenvalue weighted by molar-refractivity contribution is -0.123. The maximum Gasteiger partial charge on any atom is 0.223 e. The van der Waals surface area contributed by atoms with Crippen LogP contribution in [0.2, 0.25) is 0 Å². The molecule has 1 spiro atoms. The molecule has 2 unspecified atom stereocenters. The van der Waals surface area contributed by atoms with E-state index in [2.05, 4.69) is 15.5 Å². The Morgan fingerprint density at radius 1 is 1.18 bits per heavy atom. The molecule has 0 aromatic carbocycles. The number of amides is 1. The van der Waals surface area contributed by atoms with E-state index in [0.717, 1.165) is 38.4 Å². The van der Waals surface area contributed by atoms with Crippen LogP contribution in [0, 0.1) is 17.3 Å². The Bertz CT molecular complexity index is 413. The largest absolute Gasteiger partial charge is 0.352 e. The van der Waals surface area contributed by atoms with Gasteiger partial charge in [-0.2, -0.15) is 0 Å². The molecule has 2 aliphatic carbocycles. The quantitative estimate of drug-likeness (QED) is 0.832. The van der Waals surface area contributed by atoms with Crippen LogP contribution in [0.3, 0.4) is 0 Å². The Morgan fingerprint density at radius 2 is 1.95 bits per heavy atom. The van der Waals surface area contributed by atoms with Crippen LogP contribution in [0.25, 0.3) is 0 Å². The molecule has 2 aliphatic heterocycles. The zero-order chi connectivity index (χ0) is 15.0. The van der Waals surface area contributed by atoms with E-state index >= 15 is 0 Å². The lowest BCUT2D eigenvalue weighted by Crippen LogP contribution is -2.40. The number of carbonyl (C=O) groups excluding carboxylic acids is 1. The molecule has 0 aromatic rings. The molecule has 4 aliphatic rings. The van der Waals surface area contributed by atoms with Gasteiger partial charge in [-0.1, -0.05) is 12.8 Å². The van der Waals surface area contributed by atoms with E-state index in [1.807, 2.05) is 0 Å². The molecule has 0 radical (unpaired) electrons. The van der Waals surface area contributed by atoms with Gasteiger partial charge in [-0.25, -0.2) is 0 Å². The molecule has 2 heterocycles. The third kappa shape index (κ3) is 3.05. The van der Waals surface area contributed by atoms with Crippen LogP contribution in [0.4, 0.5) is 0 Å². The summed E-state index contributed by atoms with van der Waals surface area (Å²) in [6.45, 7) is 5.74. The van der Waals surface area contributed by atoms with Gasteiger partial charge in [-0.05, 0) is 62.9 Å². The smallest absolute Gasteiger partial charge is 0.223 e. The Hall–Kier alpha value is -0.610. The second-order valence-electron chi connectivity index (χ2n) is 8.27. The summed E-state index contributed by atoms with van der Waals surface area (Å²) in [5.74, 6) is 1.60. The van der Waals surface area contributed by atoms with Gasteiger partial charge in [0.15, 0.2) is 0 Å². The van der Waals surface area contributed by atoms with E-state index in [-0.39, 0.29) is 0 Å². The summed E-state index contributed by atoms with van der Waals surface area (Å²) in [7, 11) is 0. The van der Waals surface area contributed by atoms with Crippen LogP contribution in [0.15, 0.2) is 0 Å². The highest BCUT2D eigenvalue weighted by molar-refractivity contribution is 5.83. The SMILES string of the molecule is O=C(NC1CCN(CC2CCCC2)C1)C1CC12CCNCC2. The molecule has 0 aromatic heterocycles. The van der Waals surface area contributed by atoms with E-state index in [0.29, 0.717) is 23.3 Å². The van der Waals surface area contributed by atoms with Crippen molar-refractivity contribution in [1.82, 2.24) is 15.5 Å². The summed E-state index contributed by atoms with van der Waals surface area (Å²) in [6, 6.07) is 0.410. The van der Waals surface area contributed by atoms with Crippen LogP contribution in [0.1, 0.15) is 51.4 Å². The van der Waals surface area contributed by atoms with Gasteiger partial charge in [-0.3, -0.25) is 4.79 Å². The van der Waals surface area contributed by atoms with Crippen LogP contribution in [0.5, 0.6) is 0 Å². The predicted octanol–water partition coefficient (Wildman–Crippen LogP) is 1.76. The average molecular weight is 305 g/mol. The van der Waals surface area contributed by atoms with Crippen molar-refractivity contribution < 1.29 is 4.79 Å². The van der Waals surface area contributed by atoms with Crippen LogP contribution in [-0.2, 0) is 4.79 Å². The van der Waals surface area contributed by atoms with Crippen molar-refractivity contribution >= 4 is 5.91 Å². The minimum absolute atomic E-state index is 0.318. The van der Waals surface area contributed by atoms with Gasteiger partial charge in [-0.15, -0.1) is 0 Å². The Balaban J connectivity index is 1.22. The highest BCUT2D eigenvalue weighted by Crippen LogP contribution is 2.58. The molecule has 124 valence electrons. The molecular formula is C18H31N3O. The fraction of sp³-hybridized carbons (Fsp3) is 0.944. The predicted molar refractivity (Wildman–Crippen MR) is 87.6 cm³/mol. The van der Waals surface area contributed by atoms with Gasteiger partial charge in [0.25, 0.3) is 0 Å². The monoisotopic (exact) mass is 305 g/mol. The van der Waals surface area contributed by atoms with Crippen molar-refractivity contribution in [2.45, 2.75) is 57.4 Å². The first-order chi connectivity index (χ1) is 10.8. The van der Waals surface area contributed by atoms with Crippen molar-refractivity contribution in [3.8, 4) is 0 Å². The number of nitrogens with zero attached hydrogens (tertiary/aromatic N) is 1. The Morgan fingerprint density at radius 3 is 2.73 bits per heavy atom. The van der Waals surface area contributed by atoms with Crippen LogP contribution < -0.4 is 10.6 Å². The van der Waals surface area contributed by atoms with E-state index in [9.17, 15) is 4.79 Å². The molecule has 2 atom stereocenters. The average Bonchev–Trinajstić information content (AvgIpc) is 2.91. The molecule has 22 heavy (non-hydrogen) atoms. The molecule has 4 heteroatoms. The van der Waals surface area contributed by atoms with Crippen molar-refractivity contribution in [1.29, 1.82) is 0 Å². The maximum absolute atomic E-state index is 12.5. The third-order valence-electron chi connectivity index (χ3n) is 6.72. The van der Waals surface area contributed by atoms with Gasteiger partial charge in [0.2, 0.25) is 5.91 Å². The third-order valence-corrected chi connectivity index (χ3v) is 6.72. The number of carbonyl (C=O) groups is 1. The number of rotatable bonds is 4. The van der Waals surface area contributed by atoms with Crippen molar-refractivity contribution in [2.75, 3.05) is 32.7 Å². The normalized spacial score (nSPS) is 35.1. The van der Waals surface area contributed by atoms with Gasteiger partial charge in [0.1, 0.15) is 0 Å². The summed E-state index contributed by atoms with van der Waals surface area (Å²) in [6.07, 6.45) is 10.4. The fourth-order valence-corrected chi connectivity index (χ4v) is 5.17. The molecule has 4 rings (SSSR count). The van der Waals surface area contributed by atoms with Crippen molar-refractivity contribution in [3.63, 3.8) is 0 Å². The second-order valence-corrected chi connectivity index (χ2v) is 8.27. The zero-order valence-corrected chi connectivity index (χ0v) is 13.8. The van der Waals surface area contributed by atoms with Crippen LogP contribution in [-0.4, -0.2) is 49.6 Å². The number of piperidine rings is 1. The number of likely N-dealkylation sites (tertiary alicyclic amines) is 1.